The van der Waals surface area contributed by atoms with Gasteiger partial charge in [0.15, 0.2) is 0 Å². The minimum atomic E-state index is -0.206. The van der Waals surface area contributed by atoms with E-state index >= 15 is 0 Å². The van der Waals surface area contributed by atoms with Crippen molar-refractivity contribution in [1.29, 1.82) is 0 Å². The lowest BCUT2D eigenvalue weighted by atomic mass is 9.78. The fraction of sp³-hybridized carbons (Fsp3) is 0.448. The Morgan fingerprint density at radius 2 is 1.92 bits per heavy atom. The van der Waals surface area contributed by atoms with Crippen molar-refractivity contribution in [2.75, 3.05) is 44.2 Å². The fourth-order valence-corrected chi connectivity index (χ4v) is 6.45. The standard InChI is InChI=1S/C29H35FN4OS/c1-21-5-4-6-22(17-21)9-12-28(35)31-19-23-7-2-3-8-24(23)20-33-13-15-34(16-14-33)29-26-11-10-25(30)18-27(26)36-32-29/h4-6,9-12,17-18,23-24H,2-3,7-8,13-16,19-20H2,1H3,(H,31,35)/b12-9+/t23-,24-/m0/s1. The third-order valence-corrected chi connectivity index (χ3v) is 8.45. The molecule has 2 fully saturated rings. The van der Waals surface area contributed by atoms with E-state index in [0.29, 0.717) is 11.8 Å². The van der Waals surface area contributed by atoms with E-state index < -0.39 is 0 Å². The average molecular weight is 507 g/mol. The van der Waals surface area contributed by atoms with Crippen LogP contribution in [0.1, 0.15) is 36.8 Å². The zero-order valence-corrected chi connectivity index (χ0v) is 21.8. The zero-order valence-electron chi connectivity index (χ0n) is 21.0. The van der Waals surface area contributed by atoms with Gasteiger partial charge in [-0.3, -0.25) is 9.69 Å². The molecule has 1 amide bonds. The fourth-order valence-electron chi connectivity index (χ4n) is 5.63. The Morgan fingerprint density at radius 3 is 2.72 bits per heavy atom. The lowest BCUT2D eigenvalue weighted by Gasteiger charge is -2.40. The summed E-state index contributed by atoms with van der Waals surface area (Å²) in [4.78, 5) is 17.4. The molecule has 5 rings (SSSR count). The van der Waals surface area contributed by atoms with Gasteiger partial charge in [-0.15, -0.1) is 0 Å². The van der Waals surface area contributed by atoms with Gasteiger partial charge in [-0.1, -0.05) is 42.7 Å². The van der Waals surface area contributed by atoms with Crippen LogP contribution in [0.15, 0.2) is 48.5 Å². The van der Waals surface area contributed by atoms with E-state index in [1.807, 2.05) is 24.3 Å². The molecule has 3 aromatic rings. The summed E-state index contributed by atoms with van der Waals surface area (Å²) in [5.74, 6) is 1.93. The van der Waals surface area contributed by atoms with Crippen LogP contribution in [0.4, 0.5) is 10.2 Å². The number of piperazine rings is 1. The van der Waals surface area contributed by atoms with E-state index in [9.17, 15) is 9.18 Å². The van der Waals surface area contributed by atoms with Crippen LogP contribution >= 0.6 is 11.5 Å². The Kier molecular flexibility index (Phi) is 7.97. The molecule has 1 saturated carbocycles. The highest BCUT2D eigenvalue weighted by Gasteiger charge is 2.29. The van der Waals surface area contributed by atoms with E-state index in [2.05, 4.69) is 38.5 Å². The number of benzene rings is 2. The molecule has 1 N–H and O–H groups in total. The molecule has 1 aromatic heterocycles. The quantitative estimate of drug-likeness (QED) is 0.430. The first-order valence-electron chi connectivity index (χ1n) is 13.1. The van der Waals surface area contributed by atoms with Gasteiger partial charge < -0.3 is 10.2 Å². The number of hydrogen-bond acceptors (Lipinski definition) is 5. The molecule has 2 aliphatic rings. The van der Waals surface area contributed by atoms with Gasteiger partial charge in [-0.05, 0) is 73.0 Å². The molecule has 5 nitrogen and oxygen atoms in total. The Labute approximate surface area is 217 Å². The maximum absolute atomic E-state index is 13.5. The van der Waals surface area contributed by atoms with Crippen LogP contribution in [0.2, 0.25) is 0 Å². The van der Waals surface area contributed by atoms with Crippen molar-refractivity contribution in [2.45, 2.75) is 32.6 Å². The predicted octanol–water partition coefficient (Wildman–Crippen LogP) is 5.50. The number of nitrogens with one attached hydrogen (secondary N) is 1. The summed E-state index contributed by atoms with van der Waals surface area (Å²) < 4.78 is 19.1. The lowest BCUT2D eigenvalue weighted by molar-refractivity contribution is -0.116. The van der Waals surface area contributed by atoms with Crippen LogP contribution in [-0.4, -0.2) is 54.4 Å². The van der Waals surface area contributed by atoms with Crippen molar-refractivity contribution in [1.82, 2.24) is 14.6 Å². The summed E-state index contributed by atoms with van der Waals surface area (Å²) in [6.07, 6.45) is 8.51. The van der Waals surface area contributed by atoms with E-state index in [4.69, 9.17) is 0 Å². The minimum Gasteiger partial charge on any atom is -0.353 e. The number of hydrogen-bond donors (Lipinski definition) is 1. The van der Waals surface area contributed by atoms with Crippen molar-refractivity contribution in [2.24, 2.45) is 11.8 Å². The largest absolute Gasteiger partial charge is 0.353 e. The monoisotopic (exact) mass is 506 g/mol. The number of aryl methyl sites for hydroxylation is 1. The summed E-state index contributed by atoms with van der Waals surface area (Å²) in [5.41, 5.74) is 2.25. The van der Waals surface area contributed by atoms with Crippen LogP contribution in [0.5, 0.6) is 0 Å². The molecule has 1 aliphatic heterocycles. The Balaban J connectivity index is 1.11. The number of rotatable bonds is 7. The van der Waals surface area contributed by atoms with Crippen molar-refractivity contribution >= 4 is 39.4 Å². The molecular weight excluding hydrogens is 471 g/mol. The first kappa shape index (κ1) is 24.9. The summed E-state index contributed by atoms with van der Waals surface area (Å²) >= 11 is 1.38. The molecule has 0 bridgehead atoms. The summed E-state index contributed by atoms with van der Waals surface area (Å²) in [6.45, 7) is 7.80. The van der Waals surface area contributed by atoms with Gasteiger partial charge in [0.1, 0.15) is 11.6 Å². The van der Waals surface area contributed by atoms with Crippen LogP contribution in [-0.2, 0) is 4.79 Å². The van der Waals surface area contributed by atoms with Gasteiger partial charge in [-0.2, -0.15) is 4.37 Å². The number of halogens is 1. The molecule has 1 saturated heterocycles. The van der Waals surface area contributed by atoms with Crippen LogP contribution in [0.3, 0.4) is 0 Å². The molecule has 0 spiro atoms. The van der Waals surface area contributed by atoms with Crippen LogP contribution in [0.25, 0.3) is 16.2 Å². The molecule has 36 heavy (non-hydrogen) atoms. The number of carbonyl (C=O) groups excluding carboxylic acids is 1. The normalized spacial score (nSPS) is 21.3. The zero-order chi connectivity index (χ0) is 24.9. The molecule has 0 radical (unpaired) electrons. The first-order valence-corrected chi connectivity index (χ1v) is 13.9. The van der Waals surface area contributed by atoms with Crippen LogP contribution in [0, 0.1) is 24.6 Å². The van der Waals surface area contributed by atoms with Gasteiger partial charge in [-0.25, -0.2) is 4.39 Å². The van der Waals surface area contributed by atoms with Crippen molar-refractivity contribution in [3.05, 3.63) is 65.5 Å². The number of fused-ring (bicyclic) bond motifs is 1. The van der Waals surface area contributed by atoms with Gasteiger partial charge in [0.2, 0.25) is 5.91 Å². The molecule has 1 aliphatic carbocycles. The third kappa shape index (κ3) is 6.13. The smallest absolute Gasteiger partial charge is 0.244 e. The Hall–Kier alpha value is -2.77. The summed E-state index contributed by atoms with van der Waals surface area (Å²) in [6, 6.07) is 13.1. The average Bonchev–Trinajstić information content (AvgIpc) is 3.30. The second kappa shape index (κ2) is 11.5. The topological polar surface area (TPSA) is 48.5 Å². The van der Waals surface area contributed by atoms with Crippen molar-refractivity contribution in [3.63, 3.8) is 0 Å². The number of anilines is 1. The second-order valence-corrected chi connectivity index (χ2v) is 11.0. The molecule has 2 atom stereocenters. The molecule has 190 valence electrons. The maximum atomic E-state index is 13.5. The number of aromatic nitrogens is 1. The van der Waals surface area contributed by atoms with E-state index in [1.165, 1.54) is 48.8 Å². The molecular formula is C29H35FN4OS. The Bertz CT molecular complexity index is 1220. The SMILES string of the molecule is Cc1cccc(/C=C/C(=O)NC[C@@H]2CCCC[C@H]2CN2CCN(c3nsc4cc(F)ccc34)CC2)c1. The predicted molar refractivity (Wildman–Crippen MR) is 147 cm³/mol. The van der Waals surface area contributed by atoms with E-state index in [0.717, 1.165) is 60.7 Å². The van der Waals surface area contributed by atoms with Gasteiger partial charge in [0.05, 0.1) is 4.70 Å². The lowest BCUT2D eigenvalue weighted by Crippen LogP contribution is -2.49. The minimum absolute atomic E-state index is 0.00943. The number of carbonyl (C=O) groups is 1. The van der Waals surface area contributed by atoms with Crippen molar-refractivity contribution in [3.8, 4) is 0 Å². The molecule has 2 aromatic carbocycles. The summed E-state index contributed by atoms with van der Waals surface area (Å²) in [5, 5.41) is 4.22. The van der Waals surface area contributed by atoms with E-state index in [-0.39, 0.29) is 11.7 Å². The van der Waals surface area contributed by atoms with Crippen LogP contribution < -0.4 is 10.2 Å². The third-order valence-electron chi connectivity index (χ3n) is 7.65. The maximum Gasteiger partial charge on any atom is 0.244 e. The highest BCUT2D eigenvalue weighted by atomic mass is 32.1. The molecule has 7 heteroatoms. The Morgan fingerprint density at radius 1 is 1.11 bits per heavy atom. The molecule has 2 heterocycles. The van der Waals surface area contributed by atoms with Gasteiger partial charge >= 0.3 is 0 Å². The number of amides is 1. The van der Waals surface area contributed by atoms with E-state index in [1.54, 1.807) is 12.1 Å². The van der Waals surface area contributed by atoms with Crippen molar-refractivity contribution < 1.29 is 9.18 Å². The highest BCUT2D eigenvalue weighted by molar-refractivity contribution is 7.13. The summed E-state index contributed by atoms with van der Waals surface area (Å²) in [7, 11) is 0. The molecule has 0 unspecified atom stereocenters. The second-order valence-electron chi connectivity index (χ2n) is 10.2. The first-order chi connectivity index (χ1) is 17.5. The highest BCUT2D eigenvalue weighted by Crippen LogP contribution is 2.33. The number of nitrogens with zero attached hydrogens (tertiary/aromatic N) is 3. The van der Waals surface area contributed by atoms with Gasteiger partial charge in [0.25, 0.3) is 0 Å². The van der Waals surface area contributed by atoms with Gasteiger partial charge in [0, 0.05) is 50.7 Å².